The molecular formula is C17H29Cl2N3O2. The Morgan fingerprint density at radius 3 is 2.25 bits per heavy atom. The fourth-order valence-electron chi connectivity index (χ4n) is 2.39. The molecule has 138 valence electrons. The van der Waals surface area contributed by atoms with Crippen LogP contribution in [-0.4, -0.2) is 43.2 Å². The summed E-state index contributed by atoms with van der Waals surface area (Å²) in [5.74, 6) is 0.0586. The van der Waals surface area contributed by atoms with Gasteiger partial charge in [-0.1, -0.05) is 38.1 Å². The number of hydrogen-bond acceptors (Lipinski definition) is 4. The molecule has 1 saturated heterocycles. The molecule has 5 nitrogen and oxygen atoms in total. The molecule has 2 rings (SSSR count). The molecule has 1 amide bonds. The average Bonchev–Trinajstić information content (AvgIpc) is 2.54. The number of hydrogen-bond donors (Lipinski definition) is 2. The normalized spacial score (nSPS) is 16.0. The van der Waals surface area contributed by atoms with E-state index in [1.54, 1.807) is 0 Å². The summed E-state index contributed by atoms with van der Waals surface area (Å²) in [6.45, 7) is 9.00. The first-order valence-corrected chi connectivity index (χ1v) is 7.97. The molecule has 0 unspecified atom stereocenters. The Labute approximate surface area is 157 Å². The number of nitrogens with two attached hydrogens (primary N) is 1. The van der Waals surface area contributed by atoms with Gasteiger partial charge < -0.3 is 15.8 Å². The van der Waals surface area contributed by atoms with Crippen molar-refractivity contribution in [1.82, 2.24) is 10.2 Å². The van der Waals surface area contributed by atoms with Crippen LogP contribution in [0.5, 0.6) is 0 Å². The molecule has 1 aliphatic heterocycles. The summed E-state index contributed by atoms with van der Waals surface area (Å²) < 4.78 is 5.35. The summed E-state index contributed by atoms with van der Waals surface area (Å²) in [6, 6.07) is 7.94. The first-order valence-electron chi connectivity index (χ1n) is 7.97. The monoisotopic (exact) mass is 377 g/mol. The van der Waals surface area contributed by atoms with E-state index in [1.807, 2.05) is 13.8 Å². The predicted octanol–water partition coefficient (Wildman–Crippen LogP) is 1.96. The average molecular weight is 378 g/mol. The van der Waals surface area contributed by atoms with Gasteiger partial charge in [0.1, 0.15) is 0 Å². The van der Waals surface area contributed by atoms with E-state index in [1.165, 1.54) is 5.56 Å². The largest absolute Gasteiger partial charge is 0.379 e. The van der Waals surface area contributed by atoms with Gasteiger partial charge in [-0.25, -0.2) is 0 Å². The lowest BCUT2D eigenvalue weighted by molar-refractivity contribution is -0.123. The Bertz CT molecular complexity index is 477. The zero-order valence-corrected chi connectivity index (χ0v) is 16.0. The Balaban J connectivity index is 0.00000264. The van der Waals surface area contributed by atoms with E-state index in [-0.39, 0.29) is 36.6 Å². The van der Waals surface area contributed by atoms with Crippen molar-refractivity contribution in [1.29, 1.82) is 0 Å². The molecular weight excluding hydrogens is 349 g/mol. The Hall–Kier alpha value is -0.850. The van der Waals surface area contributed by atoms with Crippen LogP contribution < -0.4 is 11.1 Å². The van der Waals surface area contributed by atoms with Crippen molar-refractivity contribution in [3.05, 3.63) is 35.4 Å². The first kappa shape index (κ1) is 23.1. The lowest BCUT2D eigenvalue weighted by atomic mass is 10.0. The summed E-state index contributed by atoms with van der Waals surface area (Å²) in [4.78, 5) is 14.2. The molecule has 24 heavy (non-hydrogen) atoms. The molecule has 0 saturated carbocycles. The van der Waals surface area contributed by atoms with Crippen molar-refractivity contribution < 1.29 is 9.53 Å². The first-order chi connectivity index (χ1) is 10.6. The minimum absolute atomic E-state index is 0. The van der Waals surface area contributed by atoms with Crippen LogP contribution in [0.4, 0.5) is 0 Å². The summed E-state index contributed by atoms with van der Waals surface area (Å²) in [5, 5.41) is 2.89. The second-order valence-electron chi connectivity index (χ2n) is 6.19. The minimum atomic E-state index is -0.444. The third-order valence-electron chi connectivity index (χ3n) is 4.02. The zero-order valence-electron chi connectivity index (χ0n) is 14.4. The van der Waals surface area contributed by atoms with E-state index in [2.05, 4.69) is 34.5 Å². The van der Waals surface area contributed by atoms with Gasteiger partial charge in [0.25, 0.3) is 0 Å². The SMILES string of the molecule is CC(C)[C@@H](N)C(=O)NCc1ccc(CN2CCOCC2)cc1.Cl.Cl. The lowest BCUT2D eigenvalue weighted by Crippen LogP contribution is -2.43. The van der Waals surface area contributed by atoms with Crippen LogP contribution in [0.3, 0.4) is 0 Å². The van der Waals surface area contributed by atoms with E-state index in [0.29, 0.717) is 6.54 Å². The maximum absolute atomic E-state index is 11.8. The highest BCUT2D eigenvalue weighted by Crippen LogP contribution is 2.09. The number of rotatable bonds is 6. The van der Waals surface area contributed by atoms with Gasteiger partial charge >= 0.3 is 0 Å². The molecule has 1 aromatic rings. The van der Waals surface area contributed by atoms with E-state index in [0.717, 1.165) is 38.4 Å². The molecule has 1 fully saturated rings. The van der Waals surface area contributed by atoms with Gasteiger partial charge in [0.05, 0.1) is 19.3 Å². The molecule has 1 heterocycles. The highest BCUT2D eigenvalue weighted by molar-refractivity contribution is 5.85. The molecule has 1 aromatic carbocycles. The standard InChI is InChI=1S/C17H27N3O2.2ClH/c1-13(2)16(18)17(21)19-11-14-3-5-15(6-4-14)12-20-7-9-22-10-8-20;;/h3-6,13,16H,7-12,18H2,1-2H3,(H,19,21);2*1H/t16-;;/m1../s1. The highest BCUT2D eigenvalue weighted by atomic mass is 35.5. The van der Waals surface area contributed by atoms with Crippen molar-refractivity contribution in [2.75, 3.05) is 26.3 Å². The molecule has 0 radical (unpaired) electrons. The topological polar surface area (TPSA) is 67.6 Å². The van der Waals surface area contributed by atoms with Crippen molar-refractivity contribution in [3.63, 3.8) is 0 Å². The number of carbonyl (C=O) groups is 1. The Morgan fingerprint density at radius 1 is 1.17 bits per heavy atom. The molecule has 3 N–H and O–H groups in total. The van der Waals surface area contributed by atoms with Crippen LogP contribution in [0.25, 0.3) is 0 Å². The lowest BCUT2D eigenvalue weighted by Gasteiger charge is -2.26. The van der Waals surface area contributed by atoms with Gasteiger partial charge in [0.15, 0.2) is 0 Å². The summed E-state index contributed by atoms with van der Waals surface area (Å²) in [7, 11) is 0. The molecule has 1 atom stereocenters. The summed E-state index contributed by atoms with van der Waals surface area (Å²) in [6.07, 6.45) is 0. The smallest absolute Gasteiger partial charge is 0.237 e. The van der Waals surface area contributed by atoms with E-state index in [9.17, 15) is 4.79 Å². The molecule has 0 aliphatic carbocycles. The fourth-order valence-corrected chi connectivity index (χ4v) is 2.39. The molecule has 0 spiro atoms. The fraction of sp³-hybridized carbons (Fsp3) is 0.588. The molecule has 0 bridgehead atoms. The third kappa shape index (κ3) is 7.36. The minimum Gasteiger partial charge on any atom is -0.379 e. The third-order valence-corrected chi connectivity index (χ3v) is 4.02. The quantitative estimate of drug-likeness (QED) is 0.794. The number of nitrogens with one attached hydrogen (secondary N) is 1. The van der Waals surface area contributed by atoms with E-state index in [4.69, 9.17) is 10.5 Å². The number of benzene rings is 1. The Kier molecular flexibility index (Phi) is 11.2. The van der Waals surface area contributed by atoms with Crippen molar-refractivity contribution in [3.8, 4) is 0 Å². The number of amides is 1. The van der Waals surface area contributed by atoms with Gasteiger partial charge in [0.2, 0.25) is 5.91 Å². The van der Waals surface area contributed by atoms with E-state index >= 15 is 0 Å². The van der Waals surface area contributed by atoms with Crippen LogP contribution in [0, 0.1) is 5.92 Å². The van der Waals surface area contributed by atoms with Gasteiger partial charge in [0, 0.05) is 26.2 Å². The van der Waals surface area contributed by atoms with Gasteiger partial charge in [-0.2, -0.15) is 0 Å². The van der Waals surface area contributed by atoms with Gasteiger partial charge in [-0.05, 0) is 17.0 Å². The summed E-state index contributed by atoms with van der Waals surface area (Å²) in [5.41, 5.74) is 8.21. The van der Waals surface area contributed by atoms with Crippen LogP contribution in [-0.2, 0) is 22.6 Å². The van der Waals surface area contributed by atoms with E-state index < -0.39 is 6.04 Å². The van der Waals surface area contributed by atoms with Crippen LogP contribution in [0.1, 0.15) is 25.0 Å². The molecule has 0 aromatic heterocycles. The highest BCUT2D eigenvalue weighted by Gasteiger charge is 2.16. The second-order valence-corrected chi connectivity index (χ2v) is 6.19. The predicted molar refractivity (Wildman–Crippen MR) is 102 cm³/mol. The summed E-state index contributed by atoms with van der Waals surface area (Å²) >= 11 is 0. The number of ether oxygens (including phenoxy) is 1. The Morgan fingerprint density at radius 2 is 1.71 bits per heavy atom. The van der Waals surface area contributed by atoms with Crippen molar-refractivity contribution in [2.45, 2.75) is 33.0 Å². The zero-order chi connectivity index (χ0) is 15.9. The second kappa shape index (κ2) is 11.7. The van der Waals surface area contributed by atoms with Crippen LogP contribution in [0.15, 0.2) is 24.3 Å². The van der Waals surface area contributed by atoms with Gasteiger partial charge in [-0.15, -0.1) is 24.8 Å². The number of carbonyl (C=O) groups excluding carboxylic acids is 1. The number of morpholine rings is 1. The number of halogens is 2. The maximum Gasteiger partial charge on any atom is 0.237 e. The van der Waals surface area contributed by atoms with Crippen molar-refractivity contribution >= 4 is 30.7 Å². The van der Waals surface area contributed by atoms with Gasteiger partial charge in [-0.3, -0.25) is 9.69 Å². The maximum atomic E-state index is 11.8. The number of nitrogens with zero attached hydrogens (tertiary/aromatic N) is 1. The van der Waals surface area contributed by atoms with Crippen molar-refractivity contribution in [2.24, 2.45) is 11.7 Å². The van der Waals surface area contributed by atoms with Crippen LogP contribution in [0.2, 0.25) is 0 Å². The molecule has 7 heteroatoms. The van der Waals surface area contributed by atoms with Crippen LogP contribution >= 0.6 is 24.8 Å². The molecule has 1 aliphatic rings.